The summed E-state index contributed by atoms with van der Waals surface area (Å²) in [5, 5.41) is -5.99. The molecule has 10 nitrogen and oxygen atoms in total. The third kappa shape index (κ3) is 11.4. The van der Waals surface area contributed by atoms with Crippen LogP contribution in [0.2, 0.25) is 0 Å². The number of alkyl halides is 17. The summed E-state index contributed by atoms with van der Waals surface area (Å²) in [6.45, 7) is -7.67. The number of methoxy groups -OCH3 is 2. The van der Waals surface area contributed by atoms with Gasteiger partial charge in [-0.3, -0.25) is 4.55 Å². The molecular formula is C33H28F17O10S2+. The average Bonchev–Trinajstić information content (AvgIpc) is 3.12. The minimum absolute atomic E-state index is 0.171. The first kappa shape index (κ1) is 52.3. The molecule has 0 amide bonds. The number of hydrogen-bond acceptors (Lipinski definition) is 9. The summed E-state index contributed by atoms with van der Waals surface area (Å²) in [6, 6.07) is 10.0. The van der Waals surface area contributed by atoms with Crippen LogP contribution in [0.1, 0.15) is 0 Å². The van der Waals surface area contributed by atoms with Crippen LogP contribution < -0.4 is 14.2 Å². The van der Waals surface area contributed by atoms with Crippen molar-refractivity contribution in [1.82, 2.24) is 0 Å². The number of benzene rings is 3. The molecule has 0 saturated carbocycles. The second kappa shape index (κ2) is 19.0. The van der Waals surface area contributed by atoms with Crippen LogP contribution in [0.25, 0.3) is 0 Å². The standard InChI is InChI=1S/C33H27F17O10S2/c1-54-17-58-26(30(39,40)41,31(42,43)44)15-56-19-7-11-21(12-8-19)61(22-13-9-20(10-14-22)60-25(28(34,35)36)29(37,38)62(51,52)53)24-6-4-3-5-23(24)57-16-27(32(45,46)47,33(48,49)50)59-18-55-2/h3-14,25H,15-18H2,1-2H3/p+1. The maximum absolute atomic E-state index is 14.2. The molecule has 1 N–H and O–H groups in total. The Bertz CT molecular complexity index is 1990. The molecule has 0 aliphatic heterocycles. The molecule has 3 rings (SSSR count). The minimum atomic E-state index is -6.76. The van der Waals surface area contributed by atoms with Crippen molar-refractivity contribution in [3.63, 3.8) is 0 Å². The molecule has 0 aliphatic carbocycles. The average molecular weight is 972 g/mol. The SMILES string of the molecule is COCOC(COc1ccc([S+](c2ccc(OC(C(F)(F)F)C(F)(F)S(=O)(=O)O)cc2)c2ccccc2OCC(OCOC)(C(F)(F)F)C(F)(F)F)cc1)(C(F)(F)F)C(F)(F)F. The maximum atomic E-state index is 14.2. The molecule has 350 valence electrons. The van der Waals surface area contributed by atoms with Gasteiger partial charge >= 0.3 is 46.3 Å². The fourth-order valence-electron chi connectivity index (χ4n) is 4.79. The minimum Gasteiger partial charge on any atom is -0.490 e. The molecule has 0 fully saturated rings. The largest absolute Gasteiger partial charge is 0.490 e. The molecule has 0 spiro atoms. The lowest BCUT2D eigenvalue weighted by Gasteiger charge is -2.36. The monoisotopic (exact) mass is 971 g/mol. The fraction of sp³-hybridized carbons (Fsp3) is 0.455. The highest BCUT2D eigenvalue weighted by atomic mass is 32.2. The van der Waals surface area contributed by atoms with Gasteiger partial charge in [-0.25, -0.2) is 0 Å². The first-order chi connectivity index (χ1) is 28.2. The lowest BCUT2D eigenvalue weighted by Crippen LogP contribution is -2.62. The molecule has 0 heterocycles. The molecule has 0 aliphatic rings. The Balaban J connectivity index is 2.20. The highest BCUT2D eigenvalue weighted by Gasteiger charge is 2.74. The van der Waals surface area contributed by atoms with E-state index in [9.17, 15) is 83.1 Å². The van der Waals surface area contributed by atoms with E-state index in [-0.39, 0.29) is 14.7 Å². The second-order valence-corrected chi connectivity index (χ2v) is 15.6. The molecule has 29 heteroatoms. The van der Waals surface area contributed by atoms with Gasteiger partial charge in [-0.05, 0) is 60.7 Å². The van der Waals surface area contributed by atoms with Crippen LogP contribution in [-0.4, -0.2) is 107 Å². The Morgan fingerprint density at radius 2 is 0.952 bits per heavy atom. The molecule has 3 aromatic rings. The Hall–Kier alpha value is -4.03. The van der Waals surface area contributed by atoms with E-state index in [1.165, 1.54) is 0 Å². The van der Waals surface area contributed by atoms with E-state index in [0.717, 1.165) is 67.8 Å². The zero-order chi connectivity index (χ0) is 47.4. The zero-order valence-corrected chi connectivity index (χ0v) is 32.3. The van der Waals surface area contributed by atoms with Crippen molar-refractivity contribution < 1.29 is 121 Å². The van der Waals surface area contributed by atoms with Gasteiger partial charge in [0.2, 0.25) is 4.90 Å². The van der Waals surface area contributed by atoms with Crippen LogP contribution in [-0.2, 0) is 40.0 Å². The first-order valence-corrected chi connectivity index (χ1v) is 18.8. The van der Waals surface area contributed by atoms with Gasteiger partial charge in [-0.15, -0.1) is 0 Å². The van der Waals surface area contributed by atoms with E-state index < -0.39 is 119 Å². The van der Waals surface area contributed by atoms with Crippen LogP contribution in [0, 0.1) is 0 Å². The predicted octanol–water partition coefficient (Wildman–Crippen LogP) is 9.30. The molecule has 2 atom stereocenters. The molecule has 0 saturated heterocycles. The van der Waals surface area contributed by atoms with Crippen molar-refractivity contribution in [2.45, 2.75) is 68.1 Å². The van der Waals surface area contributed by atoms with Crippen LogP contribution >= 0.6 is 0 Å². The highest BCUT2D eigenvalue weighted by Crippen LogP contribution is 2.49. The quantitative estimate of drug-likeness (QED) is 0.0539. The van der Waals surface area contributed by atoms with Crippen molar-refractivity contribution in [2.24, 2.45) is 0 Å². The predicted molar refractivity (Wildman–Crippen MR) is 175 cm³/mol. The van der Waals surface area contributed by atoms with Gasteiger partial charge < -0.3 is 33.2 Å². The molecule has 2 unspecified atom stereocenters. The van der Waals surface area contributed by atoms with E-state index in [2.05, 4.69) is 23.7 Å². The summed E-state index contributed by atoms with van der Waals surface area (Å²) >= 11 is 0. The van der Waals surface area contributed by atoms with Gasteiger partial charge in [-0.1, -0.05) is 12.1 Å². The van der Waals surface area contributed by atoms with Gasteiger partial charge in [-0.2, -0.15) is 83.1 Å². The van der Waals surface area contributed by atoms with Gasteiger partial charge in [0.05, 0.1) is 0 Å². The Morgan fingerprint density at radius 3 is 1.32 bits per heavy atom. The van der Waals surface area contributed by atoms with Gasteiger partial charge in [0.15, 0.2) is 15.5 Å². The van der Waals surface area contributed by atoms with Crippen molar-refractivity contribution in [2.75, 3.05) is 41.0 Å². The van der Waals surface area contributed by atoms with Gasteiger partial charge in [0.25, 0.3) is 17.3 Å². The summed E-state index contributed by atoms with van der Waals surface area (Å²) in [7, 11) is -7.34. The van der Waals surface area contributed by atoms with Crippen LogP contribution in [0.5, 0.6) is 17.2 Å². The van der Waals surface area contributed by atoms with Gasteiger partial charge in [0, 0.05) is 14.2 Å². The van der Waals surface area contributed by atoms with Crippen LogP contribution in [0.15, 0.2) is 87.5 Å². The van der Waals surface area contributed by atoms with E-state index in [1.807, 2.05) is 0 Å². The first-order valence-electron chi connectivity index (χ1n) is 16.1. The normalized spacial score (nSPS) is 15.0. The molecule has 0 radical (unpaired) electrons. The maximum Gasteiger partial charge on any atom is 0.432 e. The topological polar surface area (TPSA) is 119 Å². The number of para-hydroxylation sites is 1. The Kier molecular flexibility index (Phi) is 16.0. The smallest absolute Gasteiger partial charge is 0.432 e. The van der Waals surface area contributed by atoms with Crippen LogP contribution in [0.4, 0.5) is 74.6 Å². The summed E-state index contributed by atoms with van der Waals surface area (Å²) in [4.78, 5) is -0.774. The van der Waals surface area contributed by atoms with E-state index in [1.54, 1.807) is 0 Å². The van der Waals surface area contributed by atoms with Crippen molar-refractivity contribution in [1.29, 1.82) is 0 Å². The van der Waals surface area contributed by atoms with E-state index >= 15 is 0 Å². The molecular weight excluding hydrogens is 943 g/mol. The number of ether oxygens (including phenoxy) is 7. The number of hydrogen-bond donors (Lipinski definition) is 1. The number of rotatable bonds is 19. The summed E-state index contributed by atoms with van der Waals surface area (Å²) in [5.41, 5.74) is -10.0. The summed E-state index contributed by atoms with van der Waals surface area (Å²) in [5.74, 6) is -2.66. The third-order valence-electron chi connectivity index (χ3n) is 7.94. The van der Waals surface area contributed by atoms with Crippen molar-refractivity contribution in [3.8, 4) is 17.2 Å². The summed E-state index contributed by atoms with van der Waals surface area (Å²) in [6.07, 6.45) is -35.4. The Morgan fingerprint density at radius 1 is 0.565 bits per heavy atom. The fourth-order valence-corrected chi connectivity index (χ4v) is 7.39. The molecule has 0 aromatic heterocycles. The lowest BCUT2D eigenvalue weighted by molar-refractivity contribution is -0.397. The molecule has 3 aromatic carbocycles. The van der Waals surface area contributed by atoms with Crippen molar-refractivity contribution >= 4 is 21.0 Å². The molecule has 62 heavy (non-hydrogen) atoms. The number of halogens is 17. The Labute approximate surface area is 340 Å². The van der Waals surface area contributed by atoms with Crippen molar-refractivity contribution in [3.05, 3.63) is 72.8 Å². The third-order valence-corrected chi connectivity index (χ3v) is 11.1. The zero-order valence-electron chi connectivity index (χ0n) is 30.7. The second-order valence-electron chi connectivity index (χ2n) is 12.1. The lowest BCUT2D eigenvalue weighted by atomic mass is 10.0. The van der Waals surface area contributed by atoms with Crippen LogP contribution in [0.3, 0.4) is 0 Å². The highest BCUT2D eigenvalue weighted by molar-refractivity contribution is 7.97. The van der Waals surface area contributed by atoms with E-state index in [4.69, 9.17) is 14.0 Å². The summed E-state index contributed by atoms with van der Waals surface area (Å²) < 4.78 is 298. The molecule has 0 bridgehead atoms. The van der Waals surface area contributed by atoms with Gasteiger partial charge in [0.1, 0.15) is 49.2 Å². The van der Waals surface area contributed by atoms with E-state index in [0.29, 0.717) is 19.2 Å².